The van der Waals surface area contributed by atoms with Crippen molar-refractivity contribution in [1.82, 2.24) is 5.32 Å². The number of amides is 1. The molecule has 1 aromatic carbocycles. The molecule has 4 nitrogen and oxygen atoms in total. The van der Waals surface area contributed by atoms with Crippen LogP contribution in [0.15, 0.2) is 30.3 Å². The van der Waals surface area contributed by atoms with Gasteiger partial charge in [0.15, 0.2) is 0 Å². The molecule has 1 aromatic rings. The molecule has 2 unspecified atom stereocenters. The maximum Gasteiger partial charge on any atom is 0.250 e. The minimum Gasteiger partial charge on any atom is -0.382 e. The average Bonchev–Trinajstić information content (AvgIpc) is 3.20. The van der Waals surface area contributed by atoms with Crippen LogP contribution in [0.1, 0.15) is 24.8 Å². The standard InChI is InChI=1S/C14H20N2O2/c15-12(8-10-6-7-10)13(17)14(18)16-9-11-4-2-1-3-5-11/h1-5,10,12-13,17H,6-9,15H2,(H,16,18). The number of carbonyl (C=O) groups excluding carboxylic acids is 1. The molecule has 0 radical (unpaired) electrons. The Labute approximate surface area is 107 Å². The Kier molecular flexibility index (Phi) is 4.33. The summed E-state index contributed by atoms with van der Waals surface area (Å²) in [7, 11) is 0. The second kappa shape index (κ2) is 5.98. The Balaban J connectivity index is 1.76. The fourth-order valence-electron chi connectivity index (χ4n) is 1.95. The van der Waals surface area contributed by atoms with E-state index >= 15 is 0 Å². The van der Waals surface area contributed by atoms with Gasteiger partial charge in [-0.25, -0.2) is 0 Å². The molecule has 0 saturated heterocycles. The number of benzene rings is 1. The van der Waals surface area contributed by atoms with Crippen molar-refractivity contribution in [3.05, 3.63) is 35.9 Å². The SMILES string of the molecule is NC(CC1CC1)C(O)C(=O)NCc1ccccc1. The quantitative estimate of drug-likeness (QED) is 0.696. The van der Waals surface area contributed by atoms with Crippen LogP contribution in [0, 0.1) is 5.92 Å². The van der Waals surface area contributed by atoms with Crippen molar-refractivity contribution in [3.63, 3.8) is 0 Å². The van der Waals surface area contributed by atoms with Crippen LogP contribution < -0.4 is 11.1 Å². The van der Waals surface area contributed by atoms with Crippen LogP contribution in [0.4, 0.5) is 0 Å². The third-order valence-electron chi connectivity index (χ3n) is 3.29. The Morgan fingerprint density at radius 3 is 2.67 bits per heavy atom. The van der Waals surface area contributed by atoms with E-state index in [0.29, 0.717) is 12.5 Å². The lowest BCUT2D eigenvalue weighted by atomic mass is 10.0. The number of aliphatic hydroxyl groups excluding tert-OH is 1. The summed E-state index contributed by atoms with van der Waals surface area (Å²) < 4.78 is 0. The van der Waals surface area contributed by atoms with E-state index in [9.17, 15) is 9.90 Å². The summed E-state index contributed by atoms with van der Waals surface area (Å²) in [5, 5.41) is 12.5. The van der Waals surface area contributed by atoms with Gasteiger partial charge >= 0.3 is 0 Å². The molecule has 2 atom stereocenters. The summed E-state index contributed by atoms with van der Waals surface area (Å²) in [6.45, 7) is 0.423. The van der Waals surface area contributed by atoms with Crippen LogP contribution in [-0.4, -0.2) is 23.2 Å². The van der Waals surface area contributed by atoms with E-state index in [1.807, 2.05) is 30.3 Å². The fraction of sp³-hybridized carbons (Fsp3) is 0.500. The van der Waals surface area contributed by atoms with Crippen molar-refractivity contribution in [2.75, 3.05) is 0 Å². The van der Waals surface area contributed by atoms with Crippen molar-refractivity contribution in [2.45, 2.75) is 38.0 Å². The highest BCUT2D eigenvalue weighted by Crippen LogP contribution is 2.33. The van der Waals surface area contributed by atoms with E-state index in [-0.39, 0.29) is 5.91 Å². The Morgan fingerprint density at radius 2 is 2.06 bits per heavy atom. The number of aliphatic hydroxyl groups is 1. The third-order valence-corrected chi connectivity index (χ3v) is 3.29. The lowest BCUT2D eigenvalue weighted by Gasteiger charge is -2.18. The molecule has 4 N–H and O–H groups in total. The maximum atomic E-state index is 11.7. The van der Waals surface area contributed by atoms with Crippen LogP contribution in [0.3, 0.4) is 0 Å². The van der Waals surface area contributed by atoms with Gasteiger partial charge in [-0.3, -0.25) is 4.79 Å². The zero-order valence-electron chi connectivity index (χ0n) is 10.4. The summed E-state index contributed by atoms with van der Waals surface area (Å²) in [6, 6.07) is 9.15. The second-order valence-corrected chi connectivity index (χ2v) is 4.99. The van der Waals surface area contributed by atoms with Gasteiger partial charge in [0.05, 0.1) is 0 Å². The van der Waals surface area contributed by atoms with Gasteiger partial charge in [-0.2, -0.15) is 0 Å². The van der Waals surface area contributed by atoms with Gasteiger partial charge in [-0.05, 0) is 17.9 Å². The second-order valence-electron chi connectivity index (χ2n) is 4.99. The van der Waals surface area contributed by atoms with Gasteiger partial charge in [0.25, 0.3) is 5.91 Å². The fourth-order valence-corrected chi connectivity index (χ4v) is 1.95. The van der Waals surface area contributed by atoms with Gasteiger partial charge in [-0.1, -0.05) is 43.2 Å². The molecule has 1 aliphatic carbocycles. The summed E-state index contributed by atoms with van der Waals surface area (Å²) in [6.07, 6.45) is 1.98. The molecule has 2 rings (SSSR count). The minimum absolute atomic E-state index is 0.382. The van der Waals surface area contributed by atoms with Crippen LogP contribution >= 0.6 is 0 Å². The summed E-state index contributed by atoms with van der Waals surface area (Å²) in [4.78, 5) is 11.7. The first-order valence-corrected chi connectivity index (χ1v) is 6.42. The largest absolute Gasteiger partial charge is 0.382 e. The molecule has 1 amide bonds. The highest BCUT2D eigenvalue weighted by molar-refractivity contribution is 5.81. The monoisotopic (exact) mass is 248 g/mol. The Hall–Kier alpha value is -1.39. The normalized spacial score (nSPS) is 18.1. The van der Waals surface area contributed by atoms with Crippen molar-refractivity contribution in [1.29, 1.82) is 0 Å². The molecule has 0 bridgehead atoms. The third kappa shape index (κ3) is 3.82. The number of nitrogens with one attached hydrogen (secondary N) is 1. The smallest absolute Gasteiger partial charge is 0.250 e. The first-order chi connectivity index (χ1) is 8.66. The van der Waals surface area contributed by atoms with Crippen LogP contribution in [0.2, 0.25) is 0 Å². The molecule has 1 fully saturated rings. The maximum absolute atomic E-state index is 11.7. The molecule has 0 spiro atoms. The molecule has 1 aliphatic rings. The van der Waals surface area contributed by atoms with Crippen molar-refractivity contribution >= 4 is 5.91 Å². The molecule has 0 aromatic heterocycles. The molecule has 1 saturated carbocycles. The van der Waals surface area contributed by atoms with E-state index in [1.54, 1.807) is 0 Å². The summed E-state index contributed by atoms with van der Waals surface area (Å²) in [5.74, 6) is 0.226. The van der Waals surface area contributed by atoms with Crippen molar-refractivity contribution < 1.29 is 9.90 Å². The zero-order chi connectivity index (χ0) is 13.0. The molecule has 18 heavy (non-hydrogen) atoms. The molecule has 0 heterocycles. The zero-order valence-corrected chi connectivity index (χ0v) is 10.4. The number of nitrogens with two attached hydrogens (primary N) is 1. The topological polar surface area (TPSA) is 75.3 Å². The highest BCUT2D eigenvalue weighted by atomic mass is 16.3. The predicted octanol–water partition coefficient (Wildman–Crippen LogP) is 0.791. The van der Waals surface area contributed by atoms with Crippen LogP contribution in [0.5, 0.6) is 0 Å². The lowest BCUT2D eigenvalue weighted by Crippen LogP contribution is -2.46. The van der Waals surface area contributed by atoms with E-state index in [1.165, 1.54) is 12.8 Å². The first-order valence-electron chi connectivity index (χ1n) is 6.42. The molecular formula is C14H20N2O2. The van der Waals surface area contributed by atoms with Gasteiger partial charge in [0, 0.05) is 12.6 Å². The molecule has 0 aliphatic heterocycles. The number of hydrogen-bond acceptors (Lipinski definition) is 3. The average molecular weight is 248 g/mol. The van der Waals surface area contributed by atoms with Gasteiger partial charge < -0.3 is 16.2 Å². The molecule has 4 heteroatoms. The van der Waals surface area contributed by atoms with Gasteiger partial charge in [0.2, 0.25) is 0 Å². The summed E-state index contributed by atoms with van der Waals surface area (Å²) >= 11 is 0. The lowest BCUT2D eigenvalue weighted by molar-refractivity contribution is -0.130. The molecular weight excluding hydrogens is 228 g/mol. The van der Waals surface area contributed by atoms with E-state index < -0.39 is 12.1 Å². The molecule has 98 valence electrons. The Bertz CT molecular complexity index is 390. The number of carbonyl (C=O) groups is 1. The predicted molar refractivity (Wildman–Crippen MR) is 69.6 cm³/mol. The minimum atomic E-state index is -1.10. The van der Waals surface area contributed by atoms with Gasteiger partial charge in [0.1, 0.15) is 6.10 Å². The van der Waals surface area contributed by atoms with Crippen LogP contribution in [0.25, 0.3) is 0 Å². The Morgan fingerprint density at radius 1 is 1.39 bits per heavy atom. The number of hydrogen-bond donors (Lipinski definition) is 3. The highest BCUT2D eigenvalue weighted by Gasteiger charge is 2.30. The van der Waals surface area contributed by atoms with Crippen molar-refractivity contribution in [3.8, 4) is 0 Å². The van der Waals surface area contributed by atoms with Crippen molar-refractivity contribution in [2.24, 2.45) is 11.7 Å². The van der Waals surface area contributed by atoms with Gasteiger partial charge in [-0.15, -0.1) is 0 Å². The summed E-state index contributed by atoms with van der Waals surface area (Å²) in [5.41, 5.74) is 6.83. The van der Waals surface area contributed by atoms with E-state index in [2.05, 4.69) is 5.32 Å². The number of rotatable bonds is 6. The first kappa shape index (κ1) is 13.1. The van der Waals surface area contributed by atoms with E-state index in [4.69, 9.17) is 5.73 Å². The van der Waals surface area contributed by atoms with E-state index in [0.717, 1.165) is 12.0 Å². The van der Waals surface area contributed by atoms with Crippen LogP contribution in [-0.2, 0) is 11.3 Å².